The molecule has 11 heteroatoms. The van der Waals surface area contributed by atoms with E-state index < -0.39 is 22.4 Å². The first-order valence-electron chi connectivity index (χ1n) is 10.2. The predicted octanol–water partition coefficient (Wildman–Crippen LogP) is 2.60. The van der Waals surface area contributed by atoms with E-state index in [9.17, 15) is 24.5 Å². The van der Waals surface area contributed by atoms with Crippen LogP contribution in [0, 0.1) is 21.4 Å². The van der Waals surface area contributed by atoms with Crippen molar-refractivity contribution in [3.05, 3.63) is 97.1 Å². The van der Waals surface area contributed by atoms with Crippen LogP contribution in [0.25, 0.3) is 11.8 Å². The number of benzene rings is 2. The fraction of sp³-hybridized carbons (Fsp3) is 0.130. The molecule has 2 heterocycles. The molecule has 0 aliphatic carbocycles. The Morgan fingerprint density at radius 3 is 2.35 bits per heavy atom. The minimum absolute atomic E-state index is 0.00845. The van der Waals surface area contributed by atoms with E-state index >= 15 is 0 Å². The van der Waals surface area contributed by atoms with E-state index in [2.05, 4.69) is 10.4 Å². The van der Waals surface area contributed by atoms with Gasteiger partial charge in [-0.3, -0.25) is 29.7 Å². The number of aromatic nitrogens is 2. The maximum atomic E-state index is 13.1. The van der Waals surface area contributed by atoms with Gasteiger partial charge in [0.25, 0.3) is 17.2 Å². The van der Waals surface area contributed by atoms with Crippen molar-refractivity contribution in [3.63, 3.8) is 0 Å². The lowest BCUT2D eigenvalue weighted by Crippen LogP contribution is -2.30. The summed E-state index contributed by atoms with van der Waals surface area (Å²) in [5.41, 5.74) is 1.63. The highest BCUT2D eigenvalue weighted by Crippen LogP contribution is 2.19. The number of imide groups is 1. The van der Waals surface area contributed by atoms with E-state index in [0.717, 1.165) is 4.90 Å². The molecule has 0 spiro atoms. The third-order valence-electron chi connectivity index (χ3n) is 5.35. The number of hydrogen-bond acceptors (Lipinski definition) is 6. The summed E-state index contributed by atoms with van der Waals surface area (Å²) in [7, 11) is 0. The van der Waals surface area contributed by atoms with Crippen LogP contribution in [0.5, 0.6) is 0 Å². The SMILES string of the molecule is CCc1[nH]n(-c2ccc([N+](=O)[O-])cc2)c(=O)c1/C=C1\NC(=O)N(Cc2ccc(C#N)cc2)C1=O. The predicted molar refractivity (Wildman–Crippen MR) is 121 cm³/mol. The molecule has 0 bridgehead atoms. The van der Waals surface area contributed by atoms with Crippen molar-refractivity contribution < 1.29 is 14.5 Å². The fourth-order valence-corrected chi connectivity index (χ4v) is 3.55. The molecule has 1 aliphatic rings. The average molecular weight is 458 g/mol. The zero-order valence-electron chi connectivity index (χ0n) is 17.9. The molecule has 2 aromatic carbocycles. The van der Waals surface area contributed by atoms with Crippen molar-refractivity contribution in [2.75, 3.05) is 0 Å². The molecule has 4 rings (SSSR count). The van der Waals surface area contributed by atoms with Gasteiger partial charge in [-0.15, -0.1) is 0 Å². The van der Waals surface area contributed by atoms with Gasteiger partial charge >= 0.3 is 6.03 Å². The van der Waals surface area contributed by atoms with Gasteiger partial charge in [0, 0.05) is 17.8 Å². The third-order valence-corrected chi connectivity index (χ3v) is 5.35. The van der Waals surface area contributed by atoms with Gasteiger partial charge in [0.1, 0.15) is 5.70 Å². The molecule has 1 aromatic heterocycles. The quantitative estimate of drug-likeness (QED) is 0.250. The first kappa shape index (κ1) is 22.2. The number of nitro groups is 1. The molecule has 0 atom stereocenters. The maximum absolute atomic E-state index is 13.1. The molecule has 3 aromatic rings. The molecule has 1 aliphatic heterocycles. The van der Waals surface area contributed by atoms with Gasteiger partial charge in [-0.05, 0) is 42.3 Å². The molecule has 1 fully saturated rings. The van der Waals surface area contributed by atoms with Crippen LogP contribution in [0.3, 0.4) is 0 Å². The topological polar surface area (TPSA) is 154 Å². The van der Waals surface area contributed by atoms with Crippen molar-refractivity contribution in [3.8, 4) is 11.8 Å². The Kier molecular flexibility index (Phi) is 5.80. The van der Waals surface area contributed by atoms with Crippen LogP contribution in [-0.2, 0) is 17.8 Å². The van der Waals surface area contributed by atoms with Crippen molar-refractivity contribution >= 4 is 23.7 Å². The van der Waals surface area contributed by atoms with Crippen LogP contribution in [-0.4, -0.2) is 31.5 Å². The van der Waals surface area contributed by atoms with Gasteiger partial charge in [0.2, 0.25) is 0 Å². The Labute approximate surface area is 192 Å². The number of amides is 3. The van der Waals surface area contributed by atoms with Crippen molar-refractivity contribution in [2.24, 2.45) is 0 Å². The number of carbonyl (C=O) groups excluding carboxylic acids is 2. The second kappa shape index (κ2) is 8.87. The fourth-order valence-electron chi connectivity index (χ4n) is 3.55. The third kappa shape index (κ3) is 4.07. The summed E-state index contributed by atoms with van der Waals surface area (Å²) < 4.78 is 1.23. The summed E-state index contributed by atoms with van der Waals surface area (Å²) in [6.45, 7) is 1.83. The Morgan fingerprint density at radius 2 is 1.76 bits per heavy atom. The number of urea groups is 1. The highest BCUT2D eigenvalue weighted by Gasteiger charge is 2.34. The smallest absolute Gasteiger partial charge is 0.303 e. The van der Waals surface area contributed by atoms with Crippen LogP contribution < -0.4 is 10.9 Å². The number of nitrogens with zero attached hydrogens (tertiary/aromatic N) is 4. The van der Waals surface area contributed by atoms with Crippen molar-refractivity contribution in [2.45, 2.75) is 19.9 Å². The number of non-ortho nitro benzene ring substituents is 1. The standard InChI is InChI=1S/C23H18N6O5/c1-2-19-18(21(30)28(26-19)16-7-9-17(10-8-16)29(33)34)11-20-22(31)27(23(32)25-20)13-15-5-3-14(12-24)4-6-15/h3-11,26H,2,13H2,1H3,(H,25,32)/b20-11-. The molecule has 3 amide bonds. The van der Waals surface area contributed by atoms with Crippen molar-refractivity contribution in [1.29, 1.82) is 5.26 Å². The molecule has 170 valence electrons. The Morgan fingerprint density at radius 1 is 1.09 bits per heavy atom. The summed E-state index contributed by atoms with van der Waals surface area (Å²) in [5.74, 6) is -0.584. The summed E-state index contributed by atoms with van der Waals surface area (Å²) in [4.78, 5) is 49.7. The number of aryl methyl sites for hydroxylation is 1. The van der Waals surface area contributed by atoms with Crippen molar-refractivity contribution in [1.82, 2.24) is 20.0 Å². The van der Waals surface area contributed by atoms with E-state index in [-0.39, 0.29) is 23.5 Å². The largest absolute Gasteiger partial charge is 0.329 e. The van der Waals surface area contributed by atoms with Gasteiger partial charge in [-0.1, -0.05) is 19.1 Å². The normalized spacial score (nSPS) is 14.4. The summed E-state index contributed by atoms with van der Waals surface area (Å²) in [6, 6.07) is 13.3. The number of nitro benzene ring substituents is 1. The highest BCUT2D eigenvalue weighted by atomic mass is 16.6. The lowest BCUT2D eigenvalue weighted by Gasteiger charge is -2.11. The zero-order chi connectivity index (χ0) is 24.4. The first-order valence-corrected chi connectivity index (χ1v) is 10.2. The maximum Gasteiger partial charge on any atom is 0.329 e. The number of carbonyl (C=O) groups is 2. The second-order valence-electron chi connectivity index (χ2n) is 7.46. The molecule has 11 nitrogen and oxygen atoms in total. The Hall–Kier alpha value is -4.98. The first-order chi connectivity index (χ1) is 16.3. The number of H-pyrrole nitrogens is 1. The lowest BCUT2D eigenvalue weighted by molar-refractivity contribution is -0.384. The highest BCUT2D eigenvalue weighted by molar-refractivity contribution is 6.13. The van der Waals surface area contributed by atoms with Gasteiger partial charge in [0.05, 0.1) is 34.4 Å². The molecular formula is C23H18N6O5. The molecular weight excluding hydrogens is 440 g/mol. The second-order valence-corrected chi connectivity index (χ2v) is 7.46. The van der Waals surface area contributed by atoms with Gasteiger partial charge in [-0.25, -0.2) is 9.48 Å². The number of nitriles is 1. The molecule has 34 heavy (non-hydrogen) atoms. The van der Waals surface area contributed by atoms with Gasteiger partial charge < -0.3 is 5.32 Å². The number of rotatable bonds is 6. The molecule has 2 N–H and O–H groups in total. The van der Waals surface area contributed by atoms with E-state index in [1.807, 2.05) is 13.0 Å². The minimum Gasteiger partial charge on any atom is -0.303 e. The Balaban J connectivity index is 1.64. The van der Waals surface area contributed by atoms with E-state index in [4.69, 9.17) is 5.26 Å². The minimum atomic E-state index is -0.620. The zero-order valence-corrected chi connectivity index (χ0v) is 17.9. The lowest BCUT2D eigenvalue weighted by atomic mass is 10.1. The number of aromatic amines is 1. The summed E-state index contributed by atoms with van der Waals surface area (Å²) in [5, 5.41) is 25.2. The summed E-state index contributed by atoms with van der Waals surface area (Å²) in [6.07, 6.45) is 1.77. The van der Waals surface area contributed by atoms with Crippen LogP contribution >= 0.6 is 0 Å². The monoisotopic (exact) mass is 458 g/mol. The van der Waals surface area contributed by atoms with Crippen LogP contribution in [0.15, 0.2) is 59.0 Å². The van der Waals surface area contributed by atoms with Gasteiger partial charge in [0.15, 0.2) is 0 Å². The molecule has 1 saturated heterocycles. The number of nitrogens with one attached hydrogen (secondary N) is 2. The molecule has 0 radical (unpaired) electrons. The van der Waals surface area contributed by atoms with Crippen LogP contribution in [0.1, 0.15) is 29.3 Å². The van der Waals surface area contributed by atoms with E-state index in [1.54, 1.807) is 24.3 Å². The van der Waals surface area contributed by atoms with Crippen LogP contribution in [0.2, 0.25) is 0 Å². The van der Waals surface area contributed by atoms with Gasteiger partial charge in [-0.2, -0.15) is 5.26 Å². The molecule has 0 unspecified atom stereocenters. The Bertz CT molecular complexity index is 1420. The number of hydrogen-bond donors (Lipinski definition) is 2. The average Bonchev–Trinajstić information content (AvgIpc) is 3.30. The van der Waals surface area contributed by atoms with Crippen LogP contribution in [0.4, 0.5) is 10.5 Å². The summed E-state index contributed by atoms with van der Waals surface area (Å²) >= 11 is 0. The van der Waals surface area contributed by atoms with E-state index in [0.29, 0.717) is 28.9 Å². The van der Waals surface area contributed by atoms with E-state index in [1.165, 1.54) is 35.0 Å². The molecule has 0 saturated carbocycles.